The first-order valence-electron chi connectivity index (χ1n) is 3.12. The minimum atomic E-state index is -0.360. The first kappa shape index (κ1) is 11.2. The molecule has 0 radical (unpaired) electrons. The van der Waals surface area contributed by atoms with Crippen molar-refractivity contribution in [2.75, 3.05) is 12.3 Å². The molecule has 1 aromatic rings. The van der Waals surface area contributed by atoms with Gasteiger partial charge in [0, 0.05) is 0 Å². The summed E-state index contributed by atoms with van der Waals surface area (Å²) in [6.07, 6.45) is 1.41. The Balaban J connectivity index is 0.00000121. The molecule has 1 rings (SSSR count). The summed E-state index contributed by atoms with van der Waals surface area (Å²) in [4.78, 5) is 15.1. The number of nitrogens with zero attached hydrogens (tertiary/aromatic N) is 1. The Bertz CT molecular complexity index is 264. The number of rotatable bonds is 2. The van der Waals surface area contributed by atoms with Crippen LogP contribution in [0.1, 0.15) is 16.6 Å². The van der Waals surface area contributed by atoms with Crippen molar-refractivity contribution < 1.29 is 9.53 Å². The van der Waals surface area contributed by atoms with E-state index in [-0.39, 0.29) is 18.4 Å². The van der Waals surface area contributed by atoms with Gasteiger partial charge in [0.25, 0.3) is 0 Å². The van der Waals surface area contributed by atoms with Crippen molar-refractivity contribution >= 4 is 34.8 Å². The Hall–Kier alpha value is -0.810. The van der Waals surface area contributed by atoms with Gasteiger partial charge < -0.3 is 10.5 Å². The first-order valence-corrected chi connectivity index (χ1v) is 3.94. The molecule has 0 atom stereocenters. The molecule has 0 amide bonds. The zero-order valence-electron chi connectivity index (χ0n) is 6.44. The third-order valence-electron chi connectivity index (χ3n) is 1.00. The van der Waals surface area contributed by atoms with Crippen molar-refractivity contribution in [2.45, 2.75) is 6.92 Å². The number of anilines is 1. The van der Waals surface area contributed by atoms with Crippen LogP contribution in [0.3, 0.4) is 0 Å². The Morgan fingerprint density at radius 2 is 2.50 bits per heavy atom. The summed E-state index contributed by atoms with van der Waals surface area (Å²) in [7, 11) is 0. The molecule has 68 valence electrons. The van der Waals surface area contributed by atoms with Crippen LogP contribution >= 0.6 is 23.7 Å². The lowest BCUT2D eigenvalue weighted by Gasteiger charge is -1.95. The zero-order chi connectivity index (χ0) is 8.27. The fourth-order valence-electron chi connectivity index (χ4n) is 0.584. The number of nitrogen functional groups attached to an aromatic ring is 1. The van der Waals surface area contributed by atoms with E-state index in [2.05, 4.69) is 4.98 Å². The highest BCUT2D eigenvalue weighted by Gasteiger charge is 2.08. The second kappa shape index (κ2) is 4.95. The summed E-state index contributed by atoms with van der Waals surface area (Å²) in [5.74, 6) is -0.360. The molecule has 1 heterocycles. The molecule has 0 aromatic carbocycles. The molecule has 0 fully saturated rings. The molecule has 0 aliphatic carbocycles. The Morgan fingerprint density at radius 3 is 2.92 bits per heavy atom. The number of carbonyl (C=O) groups excluding carboxylic acids is 1. The minimum absolute atomic E-state index is 0. The summed E-state index contributed by atoms with van der Waals surface area (Å²) < 4.78 is 4.72. The molecule has 6 heteroatoms. The lowest BCUT2D eigenvalue weighted by molar-refractivity contribution is 0.0532. The van der Waals surface area contributed by atoms with Crippen LogP contribution < -0.4 is 5.73 Å². The van der Waals surface area contributed by atoms with E-state index < -0.39 is 0 Å². The average molecular weight is 209 g/mol. The largest absolute Gasteiger partial charge is 0.462 e. The molecule has 4 nitrogen and oxygen atoms in total. The zero-order valence-corrected chi connectivity index (χ0v) is 8.08. The van der Waals surface area contributed by atoms with Crippen LogP contribution in [0.2, 0.25) is 0 Å². The molecule has 0 saturated heterocycles. The van der Waals surface area contributed by atoms with Crippen molar-refractivity contribution in [3.05, 3.63) is 11.1 Å². The summed E-state index contributed by atoms with van der Waals surface area (Å²) >= 11 is 1.13. The van der Waals surface area contributed by atoms with Crippen molar-refractivity contribution in [3.8, 4) is 0 Å². The number of thiazole rings is 1. The van der Waals surface area contributed by atoms with E-state index in [0.29, 0.717) is 16.6 Å². The highest BCUT2D eigenvalue weighted by molar-refractivity contribution is 7.17. The third kappa shape index (κ3) is 2.67. The van der Waals surface area contributed by atoms with Gasteiger partial charge in [0.2, 0.25) is 0 Å². The molecule has 1 aromatic heterocycles. The summed E-state index contributed by atoms with van der Waals surface area (Å²) in [5, 5.41) is 0.382. The maximum absolute atomic E-state index is 11.0. The fraction of sp³-hybridized carbons (Fsp3) is 0.333. The lowest BCUT2D eigenvalue weighted by atomic mass is 10.6. The van der Waals surface area contributed by atoms with Crippen molar-refractivity contribution in [2.24, 2.45) is 0 Å². The SMILES string of the molecule is CCOC(=O)c1cnc(N)s1.Cl. The first-order chi connectivity index (χ1) is 5.24. The van der Waals surface area contributed by atoms with Gasteiger partial charge in [-0.3, -0.25) is 0 Å². The second-order valence-electron chi connectivity index (χ2n) is 1.78. The van der Waals surface area contributed by atoms with Gasteiger partial charge in [-0.25, -0.2) is 9.78 Å². The van der Waals surface area contributed by atoms with E-state index in [1.54, 1.807) is 6.92 Å². The predicted molar refractivity (Wildman–Crippen MR) is 49.7 cm³/mol. The molecular weight excluding hydrogens is 200 g/mol. The molecule has 0 saturated carbocycles. The van der Waals surface area contributed by atoms with Crippen LogP contribution in [0.15, 0.2) is 6.20 Å². The molecule has 0 aliphatic heterocycles. The summed E-state index contributed by atoms with van der Waals surface area (Å²) in [6, 6.07) is 0. The number of esters is 1. The molecule has 0 bridgehead atoms. The van der Waals surface area contributed by atoms with Gasteiger partial charge in [-0.15, -0.1) is 12.4 Å². The van der Waals surface area contributed by atoms with Gasteiger partial charge in [-0.05, 0) is 6.92 Å². The highest BCUT2D eigenvalue weighted by Crippen LogP contribution is 2.14. The maximum atomic E-state index is 11.0. The van der Waals surface area contributed by atoms with E-state index in [1.165, 1.54) is 6.20 Å². The van der Waals surface area contributed by atoms with Crippen LogP contribution in [0.4, 0.5) is 5.13 Å². The molecular formula is C6H9ClN2O2S. The number of carbonyl (C=O) groups is 1. The van der Waals surface area contributed by atoms with Crippen LogP contribution in [0.25, 0.3) is 0 Å². The van der Waals surface area contributed by atoms with Crippen LogP contribution in [0, 0.1) is 0 Å². The number of halogens is 1. The van der Waals surface area contributed by atoms with Crippen LogP contribution in [-0.2, 0) is 4.74 Å². The quantitative estimate of drug-likeness (QED) is 0.745. The van der Waals surface area contributed by atoms with Crippen LogP contribution in [-0.4, -0.2) is 17.6 Å². The lowest BCUT2D eigenvalue weighted by Crippen LogP contribution is -2.01. The monoisotopic (exact) mass is 208 g/mol. The van der Waals surface area contributed by atoms with Crippen molar-refractivity contribution in [1.29, 1.82) is 0 Å². The summed E-state index contributed by atoms with van der Waals surface area (Å²) in [6.45, 7) is 2.12. The van der Waals surface area contributed by atoms with E-state index >= 15 is 0 Å². The van der Waals surface area contributed by atoms with E-state index in [4.69, 9.17) is 10.5 Å². The molecule has 0 unspecified atom stereocenters. The van der Waals surface area contributed by atoms with Gasteiger partial charge in [-0.1, -0.05) is 11.3 Å². The fourth-order valence-corrected chi connectivity index (χ4v) is 1.16. The number of hydrogen-bond acceptors (Lipinski definition) is 5. The molecule has 12 heavy (non-hydrogen) atoms. The molecule has 0 spiro atoms. The van der Waals surface area contributed by atoms with Gasteiger partial charge >= 0.3 is 5.97 Å². The minimum Gasteiger partial charge on any atom is -0.462 e. The summed E-state index contributed by atoms with van der Waals surface area (Å²) in [5.41, 5.74) is 5.31. The van der Waals surface area contributed by atoms with Gasteiger partial charge in [-0.2, -0.15) is 0 Å². The van der Waals surface area contributed by atoms with Crippen molar-refractivity contribution in [1.82, 2.24) is 4.98 Å². The normalized spacial score (nSPS) is 8.75. The average Bonchev–Trinajstić information content (AvgIpc) is 2.36. The predicted octanol–water partition coefficient (Wildman–Crippen LogP) is 1.32. The Kier molecular flexibility index (Phi) is 4.61. The van der Waals surface area contributed by atoms with E-state index in [1.807, 2.05) is 0 Å². The van der Waals surface area contributed by atoms with Crippen molar-refractivity contribution in [3.63, 3.8) is 0 Å². The van der Waals surface area contributed by atoms with Gasteiger partial charge in [0.05, 0.1) is 12.8 Å². The molecule has 0 aliphatic rings. The maximum Gasteiger partial charge on any atom is 0.350 e. The number of ether oxygens (including phenoxy) is 1. The topological polar surface area (TPSA) is 65.2 Å². The number of nitrogens with two attached hydrogens (primary N) is 1. The second-order valence-corrected chi connectivity index (χ2v) is 2.85. The molecule has 2 N–H and O–H groups in total. The highest BCUT2D eigenvalue weighted by atomic mass is 35.5. The van der Waals surface area contributed by atoms with Gasteiger partial charge in [0.1, 0.15) is 4.88 Å². The number of hydrogen-bond donors (Lipinski definition) is 1. The van der Waals surface area contributed by atoms with Crippen LogP contribution in [0.5, 0.6) is 0 Å². The Labute approximate surface area is 80.2 Å². The van der Waals surface area contributed by atoms with E-state index in [0.717, 1.165) is 11.3 Å². The van der Waals surface area contributed by atoms with E-state index in [9.17, 15) is 4.79 Å². The third-order valence-corrected chi connectivity index (χ3v) is 1.81. The standard InChI is InChI=1S/C6H8N2O2S.ClH/c1-2-10-5(9)4-3-8-6(7)11-4;/h3H,2H2,1H3,(H2,7,8);1H. The van der Waals surface area contributed by atoms with Gasteiger partial charge in [0.15, 0.2) is 5.13 Å². The number of aromatic nitrogens is 1. The smallest absolute Gasteiger partial charge is 0.350 e. The Morgan fingerprint density at radius 1 is 1.83 bits per heavy atom.